The van der Waals surface area contributed by atoms with Crippen LogP contribution in [0.1, 0.15) is 34.9 Å². The summed E-state index contributed by atoms with van der Waals surface area (Å²) in [5.41, 5.74) is 2.14. The van der Waals surface area contributed by atoms with E-state index < -0.39 is 0 Å². The highest BCUT2D eigenvalue weighted by atomic mass is 32.1. The number of nitrogens with zero attached hydrogens (tertiary/aromatic N) is 2. The Kier molecular flexibility index (Phi) is 7.85. The summed E-state index contributed by atoms with van der Waals surface area (Å²) in [7, 11) is 0. The van der Waals surface area contributed by atoms with Crippen LogP contribution >= 0.6 is 11.3 Å². The topological polar surface area (TPSA) is 49.3 Å². The van der Waals surface area contributed by atoms with E-state index in [1.165, 1.54) is 10.9 Å². The molecule has 0 atom stereocenters. The summed E-state index contributed by atoms with van der Waals surface area (Å²) in [6, 6.07) is 4.94. The molecular formula is C19H27FN4S. The van der Waals surface area contributed by atoms with E-state index in [-0.39, 0.29) is 5.82 Å². The van der Waals surface area contributed by atoms with Crippen LogP contribution in [0.25, 0.3) is 0 Å². The molecule has 4 nitrogen and oxygen atoms in total. The first-order valence-corrected chi connectivity index (χ1v) is 9.64. The van der Waals surface area contributed by atoms with Crippen molar-refractivity contribution in [3.05, 3.63) is 51.2 Å². The summed E-state index contributed by atoms with van der Waals surface area (Å²) in [5, 5.41) is 7.74. The third-order valence-corrected chi connectivity index (χ3v) is 5.08. The second-order valence-corrected chi connectivity index (χ2v) is 7.03. The first-order valence-electron chi connectivity index (χ1n) is 8.83. The standard InChI is InChI=1S/C19H27FN4S/c1-4-17-13-24-18(25-17)9-11-23-19(21-5-2)22-10-8-15-6-7-16(20)12-14(15)3/h6-7,12-13H,4-5,8-11H2,1-3H3,(H2,21,22,23). The molecule has 0 saturated heterocycles. The summed E-state index contributed by atoms with van der Waals surface area (Å²) in [5.74, 6) is 0.632. The van der Waals surface area contributed by atoms with Gasteiger partial charge in [-0.2, -0.15) is 0 Å². The van der Waals surface area contributed by atoms with Crippen LogP contribution < -0.4 is 10.6 Å². The molecule has 2 N–H and O–H groups in total. The van der Waals surface area contributed by atoms with Crippen molar-refractivity contribution in [2.75, 3.05) is 19.6 Å². The van der Waals surface area contributed by atoms with Gasteiger partial charge in [-0.1, -0.05) is 13.0 Å². The van der Waals surface area contributed by atoms with Crippen LogP contribution in [0.3, 0.4) is 0 Å². The van der Waals surface area contributed by atoms with Crippen LogP contribution in [0.2, 0.25) is 0 Å². The molecule has 0 amide bonds. The predicted octanol–water partition coefficient (Wildman–Crippen LogP) is 3.49. The molecule has 6 heteroatoms. The third-order valence-electron chi connectivity index (χ3n) is 3.88. The van der Waals surface area contributed by atoms with Crippen LogP contribution in [-0.2, 0) is 19.3 Å². The molecular weight excluding hydrogens is 335 g/mol. The van der Waals surface area contributed by atoms with Gasteiger partial charge in [-0.15, -0.1) is 11.3 Å². The monoisotopic (exact) mass is 362 g/mol. The molecule has 2 rings (SSSR count). The fourth-order valence-electron chi connectivity index (χ4n) is 2.49. The number of hydrogen-bond donors (Lipinski definition) is 2. The van der Waals surface area contributed by atoms with Crippen molar-refractivity contribution in [3.8, 4) is 0 Å². The minimum absolute atomic E-state index is 0.183. The second-order valence-electron chi connectivity index (χ2n) is 5.83. The maximum Gasteiger partial charge on any atom is 0.191 e. The van der Waals surface area contributed by atoms with E-state index in [1.54, 1.807) is 17.4 Å². The van der Waals surface area contributed by atoms with Gasteiger partial charge in [-0.05, 0) is 49.9 Å². The third kappa shape index (κ3) is 6.46. The van der Waals surface area contributed by atoms with Gasteiger partial charge in [0.2, 0.25) is 0 Å². The molecule has 1 aromatic carbocycles. The number of hydrogen-bond acceptors (Lipinski definition) is 3. The summed E-state index contributed by atoms with van der Waals surface area (Å²) in [4.78, 5) is 10.4. The summed E-state index contributed by atoms with van der Waals surface area (Å²) >= 11 is 1.76. The van der Waals surface area contributed by atoms with Gasteiger partial charge < -0.3 is 10.6 Å². The Morgan fingerprint density at radius 1 is 1.24 bits per heavy atom. The van der Waals surface area contributed by atoms with Gasteiger partial charge in [0, 0.05) is 37.1 Å². The summed E-state index contributed by atoms with van der Waals surface area (Å²) in [6.45, 7) is 8.42. The van der Waals surface area contributed by atoms with E-state index in [2.05, 4.69) is 34.5 Å². The van der Waals surface area contributed by atoms with Gasteiger partial charge in [-0.3, -0.25) is 4.99 Å². The molecule has 136 valence electrons. The Bertz CT molecular complexity index is 696. The van der Waals surface area contributed by atoms with E-state index in [0.29, 0.717) is 6.54 Å². The number of aryl methyl sites for hydroxylation is 2. The van der Waals surface area contributed by atoms with Gasteiger partial charge in [0.15, 0.2) is 5.96 Å². The molecule has 2 aromatic rings. The predicted molar refractivity (Wildman–Crippen MR) is 104 cm³/mol. The Morgan fingerprint density at radius 3 is 2.76 bits per heavy atom. The fraction of sp³-hybridized carbons (Fsp3) is 0.474. The number of nitrogens with one attached hydrogen (secondary N) is 2. The van der Waals surface area contributed by atoms with Gasteiger partial charge >= 0.3 is 0 Å². The Hall–Kier alpha value is -1.95. The molecule has 0 unspecified atom stereocenters. The number of aromatic nitrogens is 1. The number of rotatable bonds is 8. The van der Waals surface area contributed by atoms with Crippen LogP contribution in [0.4, 0.5) is 4.39 Å². The molecule has 0 radical (unpaired) electrons. The highest BCUT2D eigenvalue weighted by molar-refractivity contribution is 7.11. The van der Waals surface area contributed by atoms with E-state index in [0.717, 1.165) is 54.4 Å². The second kappa shape index (κ2) is 10.1. The number of benzene rings is 1. The Labute approximate surface area is 153 Å². The van der Waals surface area contributed by atoms with Crippen molar-refractivity contribution in [3.63, 3.8) is 0 Å². The number of aliphatic imine (C=N–C) groups is 1. The van der Waals surface area contributed by atoms with Crippen LogP contribution in [0, 0.1) is 12.7 Å². The highest BCUT2D eigenvalue weighted by Crippen LogP contribution is 2.13. The van der Waals surface area contributed by atoms with Crippen LogP contribution in [-0.4, -0.2) is 30.6 Å². The lowest BCUT2D eigenvalue weighted by molar-refractivity contribution is 0.625. The zero-order valence-corrected chi connectivity index (χ0v) is 16.0. The van der Waals surface area contributed by atoms with E-state index in [1.807, 2.05) is 19.2 Å². The smallest absolute Gasteiger partial charge is 0.191 e. The lowest BCUT2D eigenvalue weighted by Crippen LogP contribution is -2.38. The van der Waals surface area contributed by atoms with E-state index in [9.17, 15) is 4.39 Å². The molecule has 25 heavy (non-hydrogen) atoms. The molecule has 0 aliphatic rings. The van der Waals surface area contributed by atoms with Crippen molar-refractivity contribution in [2.24, 2.45) is 4.99 Å². The largest absolute Gasteiger partial charge is 0.357 e. The molecule has 1 aromatic heterocycles. The quantitative estimate of drug-likeness (QED) is 0.558. The molecule has 0 aliphatic heterocycles. The average molecular weight is 363 g/mol. The molecule has 0 aliphatic carbocycles. The summed E-state index contributed by atoms with van der Waals surface area (Å²) in [6.07, 6.45) is 4.69. The van der Waals surface area contributed by atoms with Gasteiger partial charge in [0.1, 0.15) is 5.82 Å². The zero-order valence-electron chi connectivity index (χ0n) is 15.2. The Balaban J connectivity index is 1.82. The molecule has 0 spiro atoms. The molecule has 1 heterocycles. The normalized spacial score (nSPS) is 11.6. The lowest BCUT2D eigenvalue weighted by Gasteiger charge is -2.12. The SMILES string of the molecule is CCNC(=NCCc1ncc(CC)s1)NCCc1ccc(F)cc1C. The van der Waals surface area contributed by atoms with Crippen molar-refractivity contribution in [1.29, 1.82) is 0 Å². The Morgan fingerprint density at radius 2 is 2.08 bits per heavy atom. The molecule has 0 fully saturated rings. The maximum atomic E-state index is 13.2. The number of guanidine groups is 1. The van der Waals surface area contributed by atoms with E-state index in [4.69, 9.17) is 0 Å². The van der Waals surface area contributed by atoms with Crippen molar-refractivity contribution < 1.29 is 4.39 Å². The van der Waals surface area contributed by atoms with Gasteiger partial charge in [0.25, 0.3) is 0 Å². The fourth-order valence-corrected chi connectivity index (χ4v) is 3.34. The maximum absolute atomic E-state index is 13.2. The first-order chi connectivity index (χ1) is 12.1. The van der Waals surface area contributed by atoms with Gasteiger partial charge in [0.05, 0.1) is 5.01 Å². The van der Waals surface area contributed by atoms with Crippen molar-refractivity contribution in [1.82, 2.24) is 15.6 Å². The van der Waals surface area contributed by atoms with Crippen molar-refractivity contribution in [2.45, 2.75) is 40.0 Å². The first kappa shape index (κ1) is 19.4. The summed E-state index contributed by atoms with van der Waals surface area (Å²) < 4.78 is 13.2. The molecule has 0 saturated carbocycles. The minimum atomic E-state index is -0.183. The number of thiazole rings is 1. The van der Waals surface area contributed by atoms with Gasteiger partial charge in [-0.25, -0.2) is 9.37 Å². The zero-order chi connectivity index (χ0) is 18.1. The van der Waals surface area contributed by atoms with Crippen molar-refractivity contribution >= 4 is 17.3 Å². The molecule has 0 bridgehead atoms. The highest BCUT2D eigenvalue weighted by Gasteiger charge is 2.03. The van der Waals surface area contributed by atoms with Crippen LogP contribution in [0.5, 0.6) is 0 Å². The average Bonchev–Trinajstić information content (AvgIpc) is 3.05. The lowest BCUT2D eigenvalue weighted by atomic mass is 10.1. The van der Waals surface area contributed by atoms with E-state index >= 15 is 0 Å². The van der Waals surface area contributed by atoms with Crippen LogP contribution in [0.15, 0.2) is 29.4 Å². The minimum Gasteiger partial charge on any atom is -0.357 e. The number of halogens is 1.